The van der Waals surface area contributed by atoms with E-state index in [0.29, 0.717) is 24.5 Å². The van der Waals surface area contributed by atoms with Gasteiger partial charge in [-0.05, 0) is 41.0 Å². The van der Waals surface area contributed by atoms with Gasteiger partial charge in [0, 0.05) is 36.7 Å². The van der Waals surface area contributed by atoms with Crippen molar-refractivity contribution in [2.75, 3.05) is 19.6 Å². The summed E-state index contributed by atoms with van der Waals surface area (Å²) in [4.78, 5) is 34.2. The lowest BCUT2D eigenvalue weighted by atomic mass is 10.1. The molecule has 2 aromatic heterocycles. The van der Waals surface area contributed by atoms with Crippen molar-refractivity contribution in [1.29, 1.82) is 0 Å². The largest absolute Gasteiger partial charge is 0.361 e. The number of para-hydroxylation sites is 1. The van der Waals surface area contributed by atoms with Crippen LogP contribution in [0.3, 0.4) is 0 Å². The highest BCUT2D eigenvalue weighted by Gasteiger charge is 2.24. The number of hydrogen-bond acceptors (Lipinski definition) is 3. The molecule has 0 aliphatic heterocycles. The second-order valence-electron chi connectivity index (χ2n) is 8.97. The lowest BCUT2D eigenvalue weighted by Gasteiger charge is -2.28. The number of hydrogen-bond donors (Lipinski definition) is 1. The fourth-order valence-corrected chi connectivity index (χ4v) is 4.86. The minimum absolute atomic E-state index is 0.0331. The van der Waals surface area contributed by atoms with Gasteiger partial charge in [0.1, 0.15) is 6.54 Å². The summed E-state index contributed by atoms with van der Waals surface area (Å²) in [5.41, 5.74) is 3.37. The highest BCUT2D eigenvalue weighted by molar-refractivity contribution is 7.12. The number of H-pyrrole nitrogens is 1. The van der Waals surface area contributed by atoms with Gasteiger partial charge in [-0.1, -0.05) is 68.4 Å². The van der Waals surface area contributed by atoms with Gasteiger partial charge < -0.3 is 14.8 Å². The molecule has 0 aliphatic rings. The van der Waals surface area contributed by atoms with Gasteiger partial charge >= 0.3 is 0 Å². The third-order valence-electron chi connectivity index (χ3n) is 5.83. The average molecular weight is 474 g/mol. The number of nitrogens with zero attached hydrogens (tertiary/aromatic N) is 2. The van der Waals surface area contributed by atoms with Gasteiger partial charge in [-0.15, -0.1) is 11.3 Å². The molecule has 2 amide bonds. The van der Waals surface area contributed by atoms with Crippen LogP contribution in [0.4, 0.5) is 0 Å². The van der Waals surface area contributed by atoms with Gasteiger partial charge in [0.2, 0.25) is 5.91 Å². The lowest BCUT2D eigenvalue weighted by molar-refractivity contribution is -0.132. The summed E-state index contributed by atoms with van der Waals surface area (Å²) >= 11 is 1.41. The molecule has 0 aliphatic carbocycles. The summed E-state index contributed by atoms with van der Waals surface area (Å²) in [5, 5.41) is 3.08. The van der Waals surface area contributed by atoms with Crippen molar-refractivity contribution in [2.24, 2.45) is 5.92 Å². The molecule has 34 heavy (non-hydrogen) atoms. The number of thiophene rings is 1. The van der Waals surface area contributed by atoms with Crippen molar-refractivity contribution in [2.45, 2.75) is 26.8 Å². The van der Waals surface area contributed by atoms with Gasteiger partial charge in [0.25, 0.3) is 5.91 Å². The maximum atomic E-state index is 13.6. The van der Waals surface area contributed by atoms with E-state index in [2.05, 4.69) is 31.0 Å². The normalized spacial score (nSPS) is 11.1. The number of benzene rings is 2. The van der Waals surface area contributed by atoms with E-state index in [-0.39, 0.29) is 24.3 Å². The van der Waals surface area contributed by atoms with Crippen LogP contribution in [-0.2, 0) is 17.8 Å². The van der Waals surface area contributed by atoms with E-state index in [9.17, 15) is 9.59 Å². The SMILES string of the molecule is CC(C)CN(CC(=O)N(CCc1c[nH]c2ccccc12)Cc1ccccc1)C(=O)c1cccs1. The smallest absolute Gasteiger partial charge is 0.264 e. The zero-order chi connectivity index (χ0) is 23.9. The van der Waals surface area contributed by atoms with Crippen LogP contribution in [0.2, 0.25) is 0 Å². The minimum Gasteiger partial charge on any atom is -0.361 e. The average Bonchev–Trinajstić information content (AvgIpc) is 3.52. The van der Waals surface area contributed by atoms with Crippen LogP contribution in [0.25, 0.3) is 10.9 Å². The predicted octanol–water partition coefficient (Wildman–Crippen LogP) is 5.60. The molecule has 6 heteroatoms. The first-order chi connectivity index (χ1) is 16.5. The van der Waals surface area contributed by atoms with Gasteiger partial charge in [0.05, 0.1) is 4.88 Å². The first kappa shape index (κ1) is 23.8. The molecule has 0 saturated heterocycles. The predicted molar refractivity (Wildman–Crippen MR) is 139 cm³/mol. The molecule has 5 nitrogen and oxygen atoms in total. The number of amides is 2. The fraction of sp³-hybridized carbons (Fsp3) is 0.286. The molecule has 4 aromatic rings. The van der Waals surface area contributed by atoms with E-state index >= 15 is 0 Å². The molecule has 0 unspecified atom stereocenters. The highest BCUT2D eigenvalue weighted by atomic mass is 32.1. The topological polar surface area (TPSA) is 56.4 Å². The van der Waals surface area contributed by atoms with E-state index < -0.39 is 0 Å². The van der Waals surface area contributed by atoms with E-state index in [4.69, 9.17) is 0 Å². The highest BCUT2D eigenvalue weighted by Crippen LogP contribution is 2.19. The van der Waals surface area contributed by atoms with Gasteiger partial charge in [-0.3, -0.25) is 9.59 Å². The van der Waals surface area contributed by atoms with Crippen LogP contribution in [-0.4, -0.2) is 46.2 Å². The Morgan fingerprint density at radius 2 is 1.71 bits per heavy atom. The number of carbonyl (C=O) groups excluding carboxylic acids is 2. The molecular formula is C28H31N3O2S. The van der Waals surface area contributed by atoms with Crippen LogP contribution in [0, 0.1) is 5.92 Å². The molecule has 0 atom stereocenters. The number of rotatable bonds is 10. The van der Waals surface area contributed by atoms with Crippen LogP contribution >= 0.6 is 11.3 Å². The van der Waals surface area contributed by atoms with Gasteiger partial charge in [-0.2, -0.15) is 0 Å². The molecule has 0 saturated carbocycles. The summed E-state index contributed by atoms with van der Waals surface area (Å²) in [5.74, 6) is 0.160. The van der Waals surface area contributed by atoms with Crippen molar-refractivity contribution >= 4 is 34.1 Å². The van der Waals surface area contributed by atoms with Crippen LogP contribution < -0.4 is 0 Å². The third kappa shape index (κ3) is 5.94. The Bertz CT molecular complexity index is 1210. The molecule has 176 valence electrons. The van der Waals surface area contributed by atoms with Crippen LogP contribution in [0.1, 0.15) is 34.6 Å². The quantitative estimate of drug-likeness (QED) is 0.326. The van der Waals surface area contributed by atoms with Crippen molar-refractivity contribution in [3.05, 3.63) is 94.3 Å². The van der Waals surface area contributed by atoms with E-state index in [1.165, 1.54) is 22.3 Å². The molecule has 0 spiro atoms. The Morgan fingerprint density at radius 1 is 0.941 bits per heavy atom. The number of aromatic nitrogens is 1. The minimum atomic E-state index is -0.0756. The number of carbonyl (C=O) groups is 2. The monoisotopic (exact) mass is 473 g/mol. The third-order valence-corrected chi connectivity index (χ3v) is 6.68. The van der Waals surface area contributed by atoms with Gasteiger partial charge in [-0.25, -0.2) is 0 Å². The molecule has 1 N–H and O–H groups in total. The van der Waals surface area contributed by atoms with Crippen molar-refractivity contribution in [1.82, 2.24) is 14.8 Å². The Balaban J connectivity index is 1.52. The number of fused-ring (bicyclic) bond motifs is 1. The molecule has 2 aromatic carbocycles. The Hall–Kier alpha value is -3.38. The summed E-state index contributed by atoms with van der Waals surface area (Å²) in [7, 11) is 0. The van der Waals surface area contributed by atoms with Crippen molar-refractivity contribution in [3.63, 3.8) is 0 Å². The second kappa shape index (κ2) is 11.2. The maximum absolute atomic E-state index is 13.6. The molecular weight excluding hydrogens is 442 g/mol. The Kier molecular flexibility index (Phi) is 7.80. The van der Waals surface area contributed by atoms with Gasteiger partial charge in [0.15, 0.2) is 0 Å². The molecule has 0 radical (unpaired) electrons. The summed E-state index contributed by atoms with van der Waals surface area (Å²) in [6.45, 7) is 5.86. The first-order valence-corrected chi connectivity index (χ1v) is 12.6. The zero-order valence-corrected chi connectivity index (χ0v) is 20.6. The molecule has 0 fully saturated rings. The molecule has 0 bridgehead atoms. The van der Waals surface area contributed by atoms with Crippen LogP contribution in [0.5, 0.6) is 0 Å². The summed E-state index contributed by atoms with van der Waals surface area (Å²) in [6.07, 6.45) is 2.77. The van der Waals surface area contributed by atoms with E-state index in [0.717, 1.165) is 17.5 Å². The molecule has 2 heterocycles. The standard InChI is InChI=1S/C28H31N3O2S/c1-21(2)18-31(28(33)26-13-8-16-34-26)20-27(32)30(19-22-9-4-3-5-10-22)15-14-23-17-29-25-12-7-6-11-24(23)25/h3-13,16-17,21,29H,14-15,18-20H2,1-2H3. The van der Waals surface area contributed by atoms with Crippen LogP contribution in [0.15, 0.2) is 78.3 Å². The van der Waals surface area contributed by atoms with E-state index in [1.807, 2.05) is 71.1 Å². The maximum Gasteiger partial charge on any atom is 0.264 e. The Morgan fingerprint density at radius 3 is 2.44 bits per heavy atom. The Labute approximate surface area is 205 Å². The van der Waals surface area contributed by atoms with E-state index in [1.54, 1.807) is 4.90 Å². The van der Waals surface area contributed by atoms with Crippen molar-refractivity contribution in [3.8, 4) is 0 Å². The zero-order valence-electron chi connectivity index (χ0n) is 19.7. The number of aromatic amines is 1. The van der Waals surface area contributed by atoms with Crippen molar-refractivity contribution < 1.29 is 9.59 Å². The molecule has 4 rings (SSSR count). The fourth-order valence-electron chi connectivity index (χ4n) is 4.17. The lowest BCUT2D eigenvalue weighted by Crippen LogP contribution is -2.44. The number of nitrogens with one attached hydrogen (secondary N) is 1. The second-order valence-corrected chi connectivity index (χ2v) is 9.91. The summed E-state index contributed by atoms with van der Waals surface area (Å²) < 4.78 is 0. The summed E-state index contributed by atoms with van der Waals surface area (Å²) in [6, 6.07) is 21.9. The first-order valence-electron chi connectivity index (χ1n) is 11.7.